The third-order valence-corrected chi connectivity index (χ3v) is 6.44. The van der Waals surface area contributed by atoms with E-state index in [4.69, 9.17) is 11.6 Å². The number of carbonyl (C=O) groups excluding carboxylic acids is 1. The Morgan fingerprint density at radius 2 is 2.00 bits per heavy atom. The number of esters is 1. The molecule has 0 aliphatic heterocycles. The molecule has 1 rings (SSSR count). The van der Waals surface area contributed by atoms with Crippen LogP contribution in [0.15, 0.2) is 24.3 Å². The predicted octanol–water partition coefficient (Wildman–Crippen LogP) is 5.01. The van der Waals surface area contributed by atoms with Gasteiger partial charge in [-0.3, -0.25) is 4.79 Å². The molecule has 0 aromatic heterocycles. The first kappa shape index (κ1) is 25.2. The van der Waals surface area contributed by atoms with E-state index in [9.17, 15) is 15.0 Å². The number of methoxy groups -OCH3 is 1. The number of aliphatic hydroxyl groups is 2. The Morgan fingerprint density at radius 1 is 1.32 bits per heavy atom. The quantitative estimate of drug-likeness (QED) is 0.267. The Balaban J connectivity index is 2.58. The minimum atomic E-state index is -0.528. The summed E-state index contributed by atoms with van der Waals surface area (Å²) in [5, 5.41) is 21.0. The highest BCUT2D eigenvalue weighted by Gasteiger charge is 2.39. The van der Waals surface area contributed by atoms with Gasteiger partial charge in [0.15, 0.2) is 0 Å². The van der Waals surface area contributed by atoms with Gasteiger partial charge in [0.25, 0.3) is 0 Å². The van der Waals surface area contributed by atoms with Crippen LogP contribution >= 0.6 is 11.6 Å². The molecular weight excluding hydrogens is 376 g/mol. The fourth-order valence-electron chi connectivity index (χ4n) is 3.84. The van der Waals surface area contributed by atoms with Crippen molar-refractivity contribution < 1.29 is 19.7 Å². The third-order valence-electron chi connectivity index (χ3n) is 5.94. The average Bonchev–Trinajstić information content (AvgIpc) is 2.93. The zero-order chi connectivity index (χ0) is 21.2. The van der Waals surface area contributed by atoms with Crippen molar-refractivity contribution in [2.24, 2.45) is 17.3 Å². The third kappa shape index (κ3) is 8.26. The lowest BCUT2D eigenvalue weighted by Crippen LogP contribution is -2.28. The second kappa shape index (κ2) is 12.7. The molecule has 0 aromatic rings. The van der Waals surface area contributed by atoms with Crippen LogP contribution in [0.4, 0.5) is 0 Å². The predicted molar refractivity (Wildman–Crippen MR) is 115 cm³/mol. The van der Waals surface area contributed by atoms with Gasteiger partial charge in [0, 0.05) is 17.7 Å². The molecule has 5 heteroatoms. The number of unbranched alkanes of at least 4 members (excludes halogenated alkanes) is 1. The summed E-state index contributed by atoms with van der Waals surface area (Å²) in [5.74, 6) is -0.0401. The van der Waals surface area contributed by atoms with Crippen molar-refractivity contribution in [2.45, 2.75) is 89.7 Å². The molecule has 0 saturated heterocycles. The molecule has 28 heavy (non-hydrogen) atoms. The van der Waals surface area contributed by atoms with E-state index < -0.39 is 12.2 Å². The average molecular weight is 415 g/mol. The molecule has 1 saturated carbocycles. The molecule has 1 aliphatic rings. The first-order valence-corrected chi connectivity index (χ1v) is 11.1. The van der Waals surface area contributed by atoms with Gasteiger partial charge in [-0.25, -0.2) is 0 Å². The van der Waals surface area contributed by atoms with Crippen molar-refractivity contribution in [3.8, 4) is 0 Å². The Kier molecular flexibility index (Phi) is 11.4. The lowest BCUT2D eigenvalue weighted by atomic mass is 9.80. The summed E-state index contributed by atoms with van der Waals surface area (Å²) in [6.07, 6.45) is 13.5. The lowest BCUT2D eigenvalue weighted by molar-refractivity contribution is -0.140. The van der Waals surface area contributed by atoms with Crippen molar-refractivity contribution in [2.75, 3.05) is 7.11 Å². The van der Waals surface area contributed by atoms with Gasteiger partial charge < -0.3 is 14.9 Å². The van der Waals surface area contributed by atoms with Crippen LogP contribution in [0.2, 0.25) is 0 Å². The molecule has 0 aromatic carbocycles. The molecule has 0 amide bonds. The number of rotatable bonds is 12. The number of hydrogen-bond donors (Lipinski definition) is 2. The number of ether oxygens (including phenoxy) is 1. The van der Waals surface area contributed by atoms with Crippen LogP contribution in [0.5, 0.6) is 0 Å². The first-order chi connectivity index (χ1) is 13.2. The molecule has 0 heterocycles. The van der Waals surface area contributed by atoms with Crippen LogP contribution in [0, 0.1) is 17.3 Å². The number of allylic oxidation sites excluding steroid dienone is 2. The van der Waals surface area contributed by atoms with E-state index in [1.807, 2.05) is 18.2 Å². The van der Waals surface area contributed by atoms with E-state index in [1.165, 1.54) is 7.11 Å². The summed E-state index contributed by atoms with van der Waals surface area (Å²) in [4.78, 5) is 11.1. The van der Waals surface area contributed by atoms with Crippen molar-refractivity contribution in [3.63, 3.8) is 0 Å². The Hall–Kier alpha value is -0.840. The van der Waals surface area contributed by atoms with Crippen LogP contribution < -0.4 is 0 Å². The zero-order valence-electron chi connectivity index (χ0n) is 17.9. The smallest absolute Gasteiger partial charge is 0.305 e. The van der Waals surface area contributed by atoms with Gasteiger partial charge in [-0.2, -0.15) is 0 Å². The van der Waals surface area contributed by atoms with Crippen molar-refractivity contribution in [1.29, 1.82) is 0 Å². The molecular formula is C23H39ClO4. The van der Waals surface area contributed by atoms with E-state index in [0.717, 1.165) is 32.1 Å². The number of alkyl halides is 1. The van der Waals surface area contributed by atoms with Gasteiger partial charge in [0.05, 0.1) is 19.3 Å². The Labute approximate surface area is 176 Å². The highest BCUT2D eigenvalue weighted by atomic mass is 35.5. The monoisotopic (exact) mass is 414 g/mol. The standard InChI is InChI=1S/C23H39ClO4/c1-5-6-15-23(2,3)21(26)14-13-18-17(19(24)16-20(18)25)11-9-7-8-10-12-22(27)28-4/h7-8,13-14,17-21,25-26H,5-6,9-12,15-16H2,1-4H3/t17-,18-,19+,20-,21-/m1/s1. The summed E-state index contributed by atoms with van der Waals surface area (Å²) in [6, 6.07) is 0. The van der Waals surface area contributed by atoms with E-state index in [2.05, 4.69) is 31.6 Å². The van der Waals surface area contributed by atoms with Crippen molar-refractivity contribution >= 4 is 17.6 Å². The normalized spacial score (nSPS) is 27.0. The Morgan fingerprint density at radius 3 is 2.64 bits per heavy atom. The van der Waals surface area contributed by atoms with E-state index >= 15 is 0 Å². The summed E-state index contributed by atoms with van der Waals surface area (Å²) in [5.41, 5.74) is -0.172. The highest BCUT2D eigenvalue weighted by molar-refractivity contribution is 6.21. The van der Waals surface area contributed by atoms with E-state index in [-0.39, 0.29) is 28.6 Å². The fraction of sp³-hybridized carbons (Fsp3) is 0.783. The first-order valence-electron chi connectivity index (χ1n) is 10.6. The summed E-state index contributed by atoms with van der Waals surface area (Å²) < 4.78 is 4.62. The maximum atomic E-state index is 11.1. The molecule has 0 spiro atoms. The van der Waals surface area contributed by atoms with Crippen LogP contribution in [-0.4, -0.2) is 40.9 Å². The number of carbonyl (C=O) groups is 1. The van der Waals surface area contributed by atoms with Gasteiger partial charge >= 0.3 is 5.97 Å². The summed E-state index contributed by atoms with van der Waals surface area (Å²) in [6.45, 7) is 6.33. The van der Waals surface area contributed by atoms with Crippen LogP contribution in [0.25, 0.3) is 0 Å². The maximum absolute atomic E-state index is 11.1. The van der Waals surface area contributed by atoms with E-state index in [0.29, 0.717) is 19.3 Å². The highest BCUT2D eigenvalue weighted by Crippen LogP contribution is 2.40. The maximum Gasteiger partial charge on any atom is 0.305 e. The van der Waals surface area contributed by atoms with Gasteiger partial charge in [-0.1, -0.05) is 57.9 Å². The molecule has 1 aliphatic carbocycles. The molecule has 0 unspecified atom stereocenters. The fourth-order valence-corrected chi connectivity index (χ4v) is 4.31. The lowest BCUT2D eigenvalue weighted by Gasteiger charge is -2.29. The van der Waals surface area contributed by atoms with Gasteiger partial charge in [0.1, 0.15) is 0 Å². The van der Waals surface area contributed by atoms with Gasteiger partial charge in [0.2, 0.25) is 0 Å². The summed E-state index contributed by atoms with van der Waals surface area (Å²) in [7, 11) is 1.40. The van der Waals surface area contributed by atoms with Gasteiger partial charge in [-0.05, 0) is 43.4 Å². The van der Waals surface area contributed by atoms with Crippen molar-refractivity contribution in [3.05, 3.63) is 24.3 Å². The zero-order valence-corrected chi connectivity index (χ0v) is 18.7. The molecule has 0 radical (unpaired) electrons. The largest absolute Gasteiger partial charge is 0.469 e. The molecule has 4 nitrogen and oxygen atoms in total. The SMILES string of the molecule is CCCCC(C)(C)[C@H](O)C=C[C@@H]1[C@@H](CCC=CCCC(=O)OC)[C@@H](Cl)C[C@H]1O. The molecule has 5 atom stereocenters. The molecule has 0 bridgehead atoms. The topological polar surface area (TPSA) is 66.8 Å². The molecule has 2 N–H and O–H groups in total. The molecule has 162 valence electrons. The number of halogens is 1. The van der Waals surface area contributed by atoms with Crippen LogP contribution in [0.1, 0.15) is 72.1 Å². The van der Waals surface area contributed by atoms with Gasteiger partial charge in [-0.15, -0.1) is 11.6 Å². The van der Waals surface area contributed by atoms with Crippen molar-refractivity contribution in [1.82, 2.24) is 0 Å². The minimum Gasteiger partial charge on any atom is -0.469 e. The van der Waals surface area contributed by atoms with Crippen LogP contribution in [0.3, 0.4) is 0 Å². The van der Waals surface area contributed by atoms with Crippen LogP contribution in [-0.2, 0) is 9.53 Å². The molecule has 1 fully saturated rings. The Bertz CT molecular complexity index is 515. The number of hydrogen-bond acceptors (Lipinski definition) is 4. The summed E-state index contributed by atoms with van der Waals surface area (Å²) >= 11 is 6.50. The van der Waals surface area contributed by atoms with E-state index in [1.54, 1.807) is 0 Å². The second-order valence-corrected chi connectivity index (χ2v) is 9.21. The minimum absolute atomic E-state index is 0.0254. The number of aliphatic hydroxyl groups excluding tert-OH is 2. The second-order valence-electron chi connectivity index (χ2n) is 8.65.